The van der Waals surface area contributed by atoms with Crippen molar-refractivity contribution in [3.05, 3.63) is 80.6 Å². The number of rotatable bonds is 5. The number of carbonyl (C=O) groups excluding carboxylic acids is 1. The van der Waals surface area contributed by atoms with E-state index in [4.69, 9.17) is 4.42 Å². The number of halogens is 1. The Morgan fingerprint density at radius 3 is 2.67 bits per heavy atom. The third-order valence-electron chi connectivity index (χ3n) is 3.71. The van der Waals surface area contributed by atoms with Crippen LogP contribution >= 0.6 is 15.9 Å². The first-order chi connectivity index (χ1) is 11.6. The number of amides is 1. The fraction of sp³-hybridized carbons (Fsp3) is 0.158. The van der Waals surface area contributed by atoms with Crippen LogP contribution in [-0.2, 0) is 6.42 Å². The number of fused-ring (bicyclic) bond motifs is 1. The minimum atomic E-state index is -0.620. The average molecular weight is 386 g/mol. The van der Waals surface area contributed by atoms with E-state index in [2.05, 4.69) is 33.4 Å². The van der Waals surface area contributed by atoms with Gasteiger partial charge in [-0.25, -0.2) is 4.79 Å². The lowest BCUT2D eigenvalue weighted by Gasteiger charge is -2.06. The quantitative estimate of drug-likeness (QED) is 0.534. The summed E-state index contributed by atoms with van der Waals surface area (Å²) in [6.07, 6.45) is 1.68. The van der Waals surface area contributed by atoms with Gasteiger partial charge < -0.3 is 9.73 Å². The molecule has 0 aliphatic rings. The molecular formula is C19H16BrNO3. The molecule has 0 aliphatic heterocycles. The van der Waals surface area contributed by atoms with Gasteiger partial charge in [-0.05, 0) is 42.7 Å². The fourth-order valence-electron chi connectivity index (χ4n) is 2.49. The second-order valence-corrected chi connectivity index (χ2v) is 6.39. The Balaban J connectivity index is 1.65. The van der Waals surface area contributed by atoms with Crippen LogP contribution in [0.3, 0.4) is 0 Å². The van der Waals surface area contributed by atoms with Gasteiger partial charge in [0, 0.05) is 16.4 Å². The molecule has 24 heavy (non-hydrogen) atoms. The summed E-state index contributed by atoms with van der Waals surface area (Å²) in [5.74, 6) is -0.404. The molecule has 5 heteroatoms. The molecule has 1 amide bonds. The average Bonchev–Trinajstić information content (AvgIpc) is 2.59. The van der Waals surface area contributed by atoms with Crippen molar-refractivity contribution in [2.24, 2.45) is 0 Å². The number of carbonyl (C=O) groups is 1. The lowest BCUT2D eigenvalue weighted by Crippen LogP contribution is -2.29. The van der Waals surface area contributed by atoms with Gasteiger partial charge >= 0.3 is 5.63 Å². The molecule has 0 saturated carbocycles. The van der Waals surface area contributed by atoms with Crippen molar-refractivity contribution >= 4 is 32.8 Å². The minimum absolute atomic E-state index is 0.0281. The van der Waals surface area contributed by atoms with Gasteiger partial charge in [-0.2, -0.15) is 0 Å². The van der Waals surface area contributed by atoms with Crippen LogP contribution in [0.4, 0.5) is 0 Å². The zero-order valence-electron chi connectivity index (χ0n) is 12.9. The SMILES string of the molecule is O=C(NCCCc1ccccc1)c1cc2cc(Br)ccc2oc1=O. The summed E-state index contributed by atoms with van der Waals surface area (Å²) >= 11 is 3.37. The normalized spacial score (nSPS) is 10.7. The third kappa shape index (κ3) is 3.92. The van der Waals surface area contributed by atoms with Crippen LogP contribution in [-0.4, -0.2) is 12.5 Å². The number of hydrogen-bond donors (Lipinski definition) is 1. The van der Waals surface area contributed by atoms with Crippen molar-refractivity contribution in [2.45, 2.75) is 12.8 Å². The van der Waals surface area contributed by atoms with Gasteiger partial charge in [0.05, 0.1) is 0 Å². The molecule has 1 aromatic heterocycles. The molecule has 0 atom stereocenters. The Morgan fingerprint density at radius 2 is 1.88 bits per heavy atom. The molecule has 0 radical (unpaired) electrons. The van der Waals surface area contributed by atoms with Crippen LogP contribution in [0, 0.1) is 0 Å². The van der Waals surface area contributed by atoms with E-state index in [0.717, 1.165) is 17.3 Å². The van der Waals surface area contributed by atoms with Crippen molar-refractivity contribution in [1.82, 2.24) is 5.32 Å². The van der Waals surface area contributed by atoms with Gasteiger partial charge in [-0.3, -0.25) is 4.79 Å². The number of aryl methyl sites for hydroxylation is 1. The maximum absolute atomic E-state index is 12.2. The predicted octanol–water partition coefficient (Wildman–Crippen LogP) is 3.92. The van der Waals surface area contributed by atoms with Gasteiger partial charge in [0.25, 0.3) is 5.91 Å². The van der Waals surface area contributed by atoms with Crippen molar-refractivity contribution in [3.63, 3.8) is 0 Å². The number of nitrogens with one attached hydrogen (secondary N) is 1. The maximum atomic E-state index is 12.2. The summed E-state index contributed by atoms with van der Waals surface area (Å²) in [6, 6.07) is 16.9. The molecule has 0 saturated heterocycles. The minimum Gasteiger partial charge on any atom is -0.422 e. The van der Waals surface area contributed by atoms with E-state index in [1.165, 1.54) is 5.56 Å². The van der Waals surface area contributed by atoms with Crippen LogP contribution in [0.2, 0.25) is 0 Å². The second kappa shape index (κ2) is 7.45. The molecule has 4 nitrogen and oxygen atoms in total. The van der Waals surface area contributed by atoms with Gasteiger partial charge in [-0.1, -0.05) is 46.3 Å². The molecule has 1 heterocycles. The van der Waals surface area contributed by atoms with Crippen LogP contribution in [0.1, 0.15) is 22.3 Å². The van der Waals surface area contributed by atoms with Crippen LogP contribution < -0.4 is 10.9 Å². The molecule has 0 spiro atoms. The Morgan fingerprint density at radius 1 is 1.08 bits per heavy atom. The zero-order chi connectivity index (χ0) is 16.9. The van der Waals surface area contributed by atoms with Gasteiger partial charge in [0.15, 0.2) is 0 Å². The van der Waals surface area contributed by atoms with E-state index in [1.54, 1.807) is 18.2 Å². The molecule has 3 aromatic rings. The first-order valence-electron chi connectivity index (χ1n) is 7.69. The van der Waals surface area contributed by atoms with E-state index in [0.29, 0.717) is 17.5 Å². The van der Waals surface area contributed by atoms with Crippen molar-refractivity contribution < 1.29 is 9.21 Å². The monoisotopic (exact) mass is 385 g/mol. The maximum Gasteiger partial charge on any atom is 0.349 e. The summed E-state index contributed by atoms with van der Waals surface area (Å²) in [5.41, 5.74) is 1.09. The number of hydrogen-bond acceptors (Lipinski definition) is 3. The predicted molar refractivity (Wildman–Crippen MR) is 97.3 cm³/mol. The lowest BCUT2D eigenvalue weighted by atomic mass is 10.1. The van der Waals surface area contributed by atoms with Crippen LogP contribution in [0.25, 0.3) is 11.0 Å². The van der Waals surface area contributed by atoms with E-state index < -0.39 is 11.5 Å². The largest absolute Gasteiger partial charge is 0.422 e. The lowest BCUT2D eigenvalue weighted by molar-refractivity contribution is 0.0949. The molecule has 0 unspecified atom stereocenters. The first-order valence-corrected chi connectivity index (χ1v) is 8.48. The van der Waals surface area contributed by atoms with Gasteiger partial charge in [0.2, 0.25) is 0 Å². The van der Waals surface area contributed by atoms with Crippen LogP contribution in [0.15, 0.2) is 68.3 Å². The Bertz CT molecular complexity index is 919. The molecular weight excluding hydrogens is 370 g/mol. The molecule has 0 bridgehead atoms. The topological polar surface area (TPSA) is 59.3 Å². The molecule has 0 aliphatic carbocycles. The van der Waals surface area contributed by atoms with Crippen molar-refractivity contribution in [3.8, 4) is 0 Å². The van der Waals surface area contributed by atoms with E-state index in [1.807, 2.05) is 24.3 Å². The summed E-state index contributed by atoms with van der Waals surface area (Å²) in [6.45, 7) is 0.504. The molecule has 1 N–H and O–H groups in total. The van der Waals surface area contributed by atoms with Crippen LogP contribution in [0.5, 0.6) is 0 Å². The zero-order valence-corrected chi connectivity index (χ0v) is 14.5. The molecule has 2 aromatic carbocycles. The van der Waals surface area contributed by atoms with Gasteiger partial charge in [-0.15, -0.1) is 0 Å². The first kappa shape index (κ1) is 16.5. The third-order valence-corrected chi connectivity index (χ3v) is 4.20. The second-order valence-electron chi connectivity index (χ2n) is 5.47. The Kier molecular flexibility index (Phi) is 5.11. The summed E-state index contributed by atoms with van der Waals surface area (Å²) in [5, 5.41) is 3.49. The standard InChI is InChI=1S/C19H16BrNO3/c20-15-8-9-17-14(11-15)12-16(19(23)24-17)18(22)21-10-4-7-13-5-2-1-3-6-13/h1-3,5-6,8-9,11-12H,4,7,10H2,(H,21,22). The highest BCUT2D eigenvalue weighted by Gasteiger charge is 2.13. The van der Waals surface area contributed by atoms with E-state index in [-0.39, 0.29) is 5.56 Å². The Labute approximate surface area is 147 Å². The highest BCUT2D eigenvalue weighted by molar-refractivity contribution is 9.10. The van der Waals surface area contributed by atoms with Gasteiger partial charge in [0.1, 0.15) is 11.1 Å². The van der Waals surface area contributed by atoms with E-state index >= 15 is 0 Å². The fourth-order valence-corrected chi connectivity index (χ4v) is 2.87. The molecule has 122 valence electrons. The highest BCUT2D eigenvalue weighted by atomic mass is 79.9. The van der Waals surface area contributed by atoms with Crippen molar-refractivity contribution in [2.75, 3.05) is 6.54 Å². The molecule has 3 rings (SSSR count). The van der Waals surface area contributed by atoms with E-state index in [9.17, 15) is 9.59 Å². The summed E-state index contributed by atoms with van der Waals surface area (Å²) < 4.78 is 6.07. The smallest absolute Gasteiger partial charge is 0.349 e. The summed E-state index contributed by atoms with van der Waals surface area (Å²) in [4.78, 5) is 24.2. The molecule has 0 fully saturated rings. The highest BCUT2D eigenvalue weighted by Crippen LogP contribution is 2.19. The number of benzene rings is 2. The Hall–Kier alpha value is -2.40. The van der Waals surface area contributed by atoms with Crippen molar-refractivity contribution in [1.29, 1.82) is 0 Å². The summed E-state index contributed by atoms with van der Waals surface area (Å²) in [7, 11) is 0.